The van der Waals surface area contributed by atoms with Gasteiger partial charge in [0.1, 0.15) is 5.52 Å². The van der Waals surface area contributed by atoms with Gasteiger partial charge in [0.05, 0.1) is 11.0 Å². The Labute approximate surface area is 277 Å². The number of para-hydroxylation sites is 1. The second kappa shape index (κ2) is 11.6. The maximum absolute atomic E-state index is 6.80. The summed E-state index contributed by atoms with van der Waals surface area (Å²) in [5.74, 6) is 0.604. The highest BCUT2D eigenvalue weighted by atomic mass is 32.1. The Morgan fingerprint density at radius 3 is 2.30 bits per heavy atom. The van der Waals surface area contributed by atoms with Crippen LogP contribution in [0, 0.1) is 0 Å². The molecule has 0 radical (unpaired) electrons. The molecule has 3 aromatic heterocycles. The van der Waals surface area contributed by atoms with Gasteiger partial charge in [-0.25, -0.2) is 4.98 Å². The van der Waals surface area contributed by atoms with Crippen molar-refractivity contribution in [3.8, 4) is 22.6 Å². The van der Waals surface area contributed by atoms with Crippen molar-refractivity contribution in [2.24, 2.45) is 0 Å². The van der Waals surface area contributed by atoms with Crippen LogP contribution < -0.4 is 0 Å². The van der Waals surface area contributed by atoms with E-state index in [2.05, 4.69) is 127 Å². The van der Waals surface area contributed by atoms with Crippen molar-refractivity contribution >= 4 is 83.0 Å². The molecule has 0 N–H and O–H groups in total. The van der Waals surface area contributed by atoms with Crippen LogP contribution in [0.2, 0.25) is 0 Å². The first kappa shape index (κ1) is 28.7. The van der Waals surface area contributed by atoms with Gasteiger partial charge in [0, 0.05) is 53.5 Å². The van der Waals surface area contributed by atoms with Gasteiger partial charge < -0.3 is 8.98 Å². The predicted octanol–water partition coefficient (Wildman–Crippen LogP) is 12.9. The zero-order chi connectivity index (χ0) is 32.1. The minimum atomic E-state index is 0.604. The molecule has 3 nitrogen and oxygen atoms in total. The van der Waals surface area contributed by atoms with Crippen molar-refractivity contribution in [1.29, 1.82) is 0 Å². The number of rotatable bonds is 7. The lowest BCUT2D eigenvalue weighted by Gasteiger charge is -2.12. The lowest BCUT2D eigenvalue weighted by molar-refractivity contribution is 0.621. The molecular formula is C43H32N2OS. The highest BCUT2D eigenvalue weighted by Gasteiger charge is 2.23. The fourth-order valence-corrected chi connectivity index (χ4v) is 8.00. The number of allylic oxidation sites excluding steroid dienone is 6. The molecule has 0 fully saturated rings. The minimum absolute atomic E-state index is 0.604. The first-order chi connectivity index (χ1) is 23.2. The zero-order valence-corrected chi connectivity index (χ0v) is 27.1. The van der Waals surface area contributed by atoms with E-state index in [9.17, 15) is 0 Å². The molecule has 8 aromatic rings. The fraction of sp³-hybridized carbons (Fsp3) is 0.0465. The van der Waals surface area contributed by atoms with Crippen LogP contribution in [0.4, 0.5) is 0 Å². The van der Waals surface area contributed by atoms with Crippen molar-refractivity contribution in [3.63, 3.8) is 0 Å². The highest BCUT2D eigenvalue weighted by molar-refractivity contribution is 7.21. The summed E-state index contributed by atoms with van der Waals surface area (Å²) < 4.78 is 10.3. The molecule has 47 heavy (non-hydrogen) atoms. The van der Waals surface area contributed by atoms with E-state index in [1.807, 2.05) is 38.1 Å². The molecule has 0 saturated heterocycles. The lowest BCUT2D eigenvalue weighted by Crippen LogP contribution is -1.95. The van der Waals surface area contributed by atoms with Gasteiger partial charge in [-0.15, -0.1) is 11.3 Å². The Morgan fingerprint density at radius 2 is 1.55 bits per heavy atom. The molecule has 0 saturated carbocycles. The first-order valence-electron chi connectivity index (χ1n) is 15.8. The van der Waals surface area contributed by atoms with Crippen molar-refractivity contribution in [2.45, 2.75) is 13.8 Å². The highest BCUT2D eigenvalue weighted by Crippen LogP contribution is 2.46. The summed E-state index contributed by atoms with van der Waals surface area (Å²) in [4.78, 5) is 6.42. The van der Waals surface area contributed by atoms with Crippen LogP contribution in [0.15, 0.2) is 139 Å². The molecule has 0 bridgehead atoms. The molecule has 0 spiro atoms. The summed E-state index contributed by atoms with van der Waals surface area (Å²) in [7, 11) is 0. The average molecular weight is 625 g/mol. The van der Waals surface area contributed by atoms with Gasteiger partial charge in [0.15, 0.2) is 5.58 Å². The average Bonchev–Trinajstić information content (AvgIpc) is 3.80. The summed E-state index contributed by atoms with van der Waals surface area (Å²) >= 11 is 1.75. The third-order valence-electron chi connectivity index (χ3n) is 8.82. The van der Waals surface area contributed by atoms with Crippen molar-refractivity contribution < 1.29 is 4.42 Å². The molecule has 0 unspecified atom stereocenters. The van der Waals surface area contributed by atoms with Crippen LogP contribution in [0.3, 0.4) is 0 Å². The molecule has 0 amide bonds. The minimum Gasteiger partial charge on any atom is -0.436 e. The van der Waals surface area contributed by atoms with E-state index in [1.165, 1.54) is 4.70 Å². The van der Waals surface area contributed by atoms with E-state index in [0.29, 0.717) is 5.89 Å². The Hall–Kier alpha value is -5.71. The van der Waals surface area contributed by atoms with Crippen LogP contribution in [0.5, 0.6) is 0 Å². The molecule has 3 heterocycles. The number of hydrogen-bond donors (Lipinski definition) is 0. The SMILES string of the molecule is C=C/C(=C\C=C/C)n1c2ccccc2c2cc(-c3nc4c(cc(-c5ccccc5)c5sc(C=C)c(/C=C\C)c54)o3)c3ccccc3c21. The Morgan fingerprint density at radius 1 is 0.809 bits per heavy atom. The molecular weight excluding hydrogens is 593 g/mol. The third-order valence-corrected chi connectivity index (χ3v) is 10.1. The Balaban J connectivity index is 1.49. The van der Waals surface area contributed by atoms with Crippen molar-refractivity contribution in [3.05, 3.63) is 145 Å². The standard InChI is InChI=1S/C43H32N2OS/c1-5-9-20-28(7-3)45-36-24-16-15-22-30(36)34-25-35(29-21-13-14-23-31(29)41(34)45)43-44-40-37(46-43)26-33(27-18-11-10-12-19-27)42-39(40)32(17-6-2)38(8-4)47-42/h5-26H,3-4H2,1-2H3/b9-5-,17-6-,28-20+. The molecule has 0 aliphatic rings. The summed E-state index contributed by atoms with van der Waals surface area (Å²) in [6.07, 6.45) is 14.3. The van der Waals surface area contributed by atoms with Gasteiger partial charge in [0.2, 0.25) is 5.89 Å². The van der Waals surface area contributed by atoms with Crippen LogP contribution in [0.1, 0.15) is 24.3 Å². The normalized spacial score (nSPS) is 12.6. The summed E-state index contributed by atoms with van der Waals surface area (Å²) in [5.41, 5.74) is 9.26. The molecule has 226 valence electrons. The fourth-order valence-electron chi connectivity index (χ4n) is 6.82. The maximum Gasteiger partial charge on any atom is 0.227 e. The van der Waals surface area contributed by atoms with E-state index in [4.69, 9.17) is 9.40 Å². The number of fused-ring (bicyclic) bond motifs is 8. The van der Waals surface area contributed by atoms with Gasteiger partial charge in [0.25, 0.3) is 0 Å². The quantitative estimate of drug-likeness (QED) is 0.165. The first-order valence-corrected chi connectivity index (χ1v) is 16.6. The molecule has 0 atom stereocenters. The van der Waals surface area contributed by atoms with E-state index in [-0.39, 0.29) is 0 Å². The van der Waals surface area contributed by atoms with Gasteiger partial charge in [-0.3, -0.25) is 0 Å². The smallest absolute Gasteiger partial charge is 0.227 e. The van der Waals surface area contributed by atoms with Crippen LogP contribution in [-0.4, -0.2) is 9.55 Å². The molecule has 0 aliphatic heterocycles. The lowest BCUT2D eigenvalue weighted by atomic mass is 9.99. The molecule has 0 aliphatic carbocycles. The Kier molecular flexibility index (Phi) is 7.08. The number of hydrogen-bond acceptors (Lipinski definition) is 3. The second-order valence-corrected chi connectivity index (χ2v) is 12.5. The largest absolute Gasteiger partial charge is 0.436 e. The number of benzene rings is 5. The van der Waals surface area contributed by atoms with Crippen molar-refractivity contribution in [2.75, 3.05) is 0 Å². The predicted molar refractivity (Wildman–Crippen MR) is 205 cm³/mol. The summed E-state index contributed by atoms with van der Waals surface area (Å²) in [6.45, 7) is 12.4. The van der Waals surface area contributed by atoms with E-state index in [0.717, 1.165) is 81.9 Å². The molecule has 5 aromatic carbocycles. The van der Waals surface area contributed by atoms with Crippen LogP contribution in [-0.2, 0) is 0 Å². The topological polar surface area (TPSA) is 31.0 Å². The van der Waals surface area contributed by atoms with E-state index < -0.39 is 0 Å². The number of thiophene rings is 1. The maximum atomic E-state index is 6.80. The second-order valence-electron chi connectivity index (χ2n) is 11.5. The van der Waals surface area contributed by atoms with Crippen molar-refractivity contribution in [1.82, 2.24) is 9.55 Å². The van der Waals surface area contributed by atoms with Gasteiger partial charge in [-0.05, 0) is 55.1 Å². The van der Waals surface area contributed by atoms with Crippen LogP contribution in [0.25, 0.3) is 94.2 Å². The Bertz CT molecular complexity index is 2620. The third kappa shape index (κ3) is 4.44. The van der Waals surface area contributed by atoms with Gasteiger partial charge in [-0.2, -0.15) is 0 Å². The van der Waals surface area contributed by atoms with E-state index in [1.54, 1.807) is 11.3 Å². The zero-order valence-electron chi connectivity index (χ0n) is 26.3. The summed E-state index contributed by atoms with van der Waals surface area (Å²) in [6, 6.07) is 32.0. The number of oxazole rings is 1. The number of nitrogens with zero attached hydrogens (tertiary/aromatic N) is 2. The van der Waals surface area contributed by atoms with Gasteiger partial charge >= 0.3 is 0 Å². The summed E-state index contributed by atoms with van der Waals surface area (Å²) in [5, 5.41) is 5.60. The molecule has 8 rings (SSSR count). The van der Waals surface area contributed by atoms with E-state index >= 15 is 0 Å². The van der Waals surface area contributed by atoms with Crippen LogP contribution >= 0.6 is 11.3 Å². The molecule has 4 heteroatoms. The van der Waals surface area contributed by atoms with Gasteiger partial charge in [-0.1, -0.05) is 116 Å². The number of aromatic nitrogens is 2. The monoisotopic (exact) mass is 624 g/mol.